The Hall–Kier alpha value is -0.870. The number of aryl methyl sites for hydroxylation is 1. The molecule has 0 saturated carbocycles. The largest absolute Gasteiger partial charge is 0.243 e. The molecule has 1 saturated heterocycles. The Morgan fingerprint density at radius 3 is 2.37 bits per heavy atom. The highest BCUT2D eigenvalue weighted by molar-refractivity contribution is 7.89. The average Bonchev–Trinajstić information content (AvgIpc) is 3.02. The van der Waals surface area contributed by atoms with E-state index < -0.39 is 10.0 Å². The molecule has 106 valence electrons. The Kier molecular flexibility index (Phi) is 4.31. The minimum Gasteiger partial charge on any atom is -0.207 e. The molecule has 19 heavy (non-hydrogen) atoms. The molecular weight excluding hydrogens is 258 g/mol. The topological polar surface area (TPSA) is 37.1 Å². The lowest BCUT2D eigenvalue weighted by atomic mass is 10.1. The van der Waals surface area contributed by atoms with Crippen molar-refractivity contribution in [3.05, 3.63) is 29.8 Å². The van der Waals surface area contributed by atoms with Crippen LogP contribution in [0.1, 0.15) is 45.1 Å². The van der Waals surface area contributed by atoms with Crippen LogP contribution in [0.3, 0.4) is 0 Å². The summed E-state index contributed by atoms with van der Waals surface area (Å²) in [5.74, 6) is 0. The second-order valence-electron chi connectivity index (χ2n) is 5.45. The lowest BCUT2D eigenvalue weighted by Crippen LogP contribution is -2.15. The van der Waals surface area contributed by atoms with Gasteiger partial charge in [0.05, 0.1) is 4.90 Å². The zero-order valence-corrected chi connectivity index (χ0v) is 12.8. The Balaban J connectivity index is 2.07. The Labute approximate surface area is 116 Å². The van der Waals surface area contributed by atoms with E-state index in [1.807, 2.05) is 26.0 Å². The highest BCUT2D eigenvalue weighted by Crippen LogP contribution is 2.38. The van der Waals surface area contributed by atoms with Gasteiger partial charge in [0, 0.05) is 12.1 Å². The molecule has 2 rings (SSSR count). The van der Waals surface area contributed by atoms with Crippen molar-refractivity contribution in [2.24, 2.45) is 0 Å². The summed E-state index contributed by atoms with van der Waals surface area (Å²) in [4.78, 5) is 0.419. The van der Waals surface area contributed by atoms with Crippen LogP contribution < -0.4 is 0 Å². The van der Waals surface area contributed by atoms with Gasteiger partial charge in [0.15, 0.2) is 0 Å². The molecule has 0 aliphatic carbocycles. The van der Waals surface area contributed by atoms with Crippen LogP contribution in [0, 0.1) is 6.92 Å². The summed E-state index contributed by atoms with van der Waals surface area (Å²) in [5, 5.41) is 0. The zero-order valence-electron chi connectivity index (χ0n) is 12.0. The fraction of sp³-hybridized carbons (Fsp3) is 0.600. The van der Waals surface area contributed by atoms with E-state index in [4.69, 9.17) is 0 Å². The summed E-state index contributed by atoms with van der Waals surface area (Å²) in [6.07, 6.45) is 4.46. The van der Waals surface area contributed by atoms with Gasteiger partial charge >= 0.3 is 0 Å². The van der Waals surface area contributed by atoms with Gasteiger partial charge in [-0.25, -0.2) is 8.42 Å². The van der Waals surface area contributed by atoms with Crippen LogP contribution in [0.4, 0.5) is 0 Å². The smallest absolute Gasteiger partial charge is 0.207 e. The van der Waals surface area contributed by atoms with Gasteiger partial charge in [-0.2, -0.15) is 4.31 Å². The summed E-state index contributed by atoms with van der Waals surface area (Å²) >= 11 is 0. The molecule has 3 nitrogen and oxygen atoms in total. The van der Waals surface area contributed by atoms with Crippen molar-refractivity contribution in [2.45, 2.75) is 63.4 Å². The predicted octanol–water partition coefficient (Wildman–Crippen LogP) is 3.34. The quantitative estimate of drug-likeness (QED) is 0.592. The van der Waals surface area contributed by atoms with E-state index in [-0.39, 0.29) is 12.1 Å². The van der Waals surface area contributed by atoms with Gasteiger partial charge in [0.1, 0.15) is 0 Å². The van der Waals surface area contributed by atoms with Crippen LogP contribution >= 0.6 is 0 Å². The van der Waals surface area contributed by atoms with Gasteiger partial charge in [0.25, 0.3) is 0 Å². The van der Waals surface area contributed by atoms with Crippen LogP contribution in [0.25, 0.3) is 0 Å². The summed E-state index contributed by atoms with van der Waals surface area (Å²) in [6, 6.07) is 7.48. The third kappa shape index (κ3) is 3.00. The summed E-state index contributed by atoms with van der Waals surface area (Å²) in [7, 11) is -3.28. The zero-order chi connectivity index (χ0) is 14.0. The molecule has 3 atom stereocenters. The van der Waals surface area contributed by atoms with Crippen molar-refractivity contribution >= 4 is 10.0 Å². The van der Waals surface area contributed by atoms with E-state index in [9.17, 15) is 8.42 Å². The third-order valence-corrected chi connectivity index (χ3v) is 5.92. The second kappa shape index (κ2) is 5.63. The Morgan fingerprint density at radius 1 is 1.16 bits per heavy atom. The normalized spacial score (nSPS) is 26.4. The van der Waals surface area contributed by atoms with Crippen molar-refractivity contribution in [1.82, 2.24) is 4.31 Å². The van der Waals surface area contributed by atoms with E-state index in [0.29, 0.717) is 4.90 Å². The van der Waals surface area contributed by atoms with Crippen molar-refractivity contribution < 1.29 is 8.42 Å². The first-order valence-electron chi connectivity index (χ1n) is 7.08. The van der Waals surface area contributed by atoms with Crippen molar-refractivity contribution in [2.75, 3.05) is 0 Å². The molecule has 1 heterocycles. The van der Waals surface area contributed by atoms with Gasteiger partial charge in [-0.1, -0.05) is 43.9 Å². The number of hydrogen-bond donors (Lipinski definition) is 0. The number of hydrogen-bond acceptors (Lipinski definition) is 2. The third-order valence-electron chi connectivity index (χ3n) is 3.90. The molecule has 1 aliphatic heterocycles. The Morgan fingerprint density at radius 2 is 1.79 bits per heavy atom. The van der Waals surface area contributed by atoms with Crippen molar-refractivity contribution in [3.8, 4) is 0 Å². The predicted molar refractivity (Wildman–Crippen MR) is 77.6 cm³/mol. The van der Waals surface area contributed by atoms with Crippen molar-refractivity contribution in [3.63, 3.8) is 0 Å². The molecule has 0 N–H and O–H groups in total. The maximum Gasteiger partial charge on any atom is 0.243 e. The minimum absolute atomic E-state index is 0.156. The highest BCUT2D eigenvalue weighted by Gasteiger charge is 2.51. The SMILES string of the molecule is CCCCC[C@@H]1[C@@H](C)N1S(=O)(=O)c1ccc(C)cc1. The van der Waals surface area contributed by atoms with E-state index in [0.717, 1.165) is 18.4 Å². The Bertz CT molecular complexity index is 522. The summed E-state index contributed by atoms with van der Waals surface area (Å²) in [6.45, 7) is 6.13. The summed E-state index contributed by atoms with van der Waals surface area (Å²) in [5.41, 5.74) is 1.08. The number of rotatable bonds is 6. The van der Waals surface area contributed by atoms with Gasteiger partial charge in [-0.05, 0) is 32.4 Å². The molecule has 0 radical (unpaired) electrons. The van der Waals surface area contributed by atoms with E-state index in [2.05, 4.69) is 6.92 Å². The molecule has 0 bridgehead atoms. The number of sulfonamides is 1. The maximum absolute atomic E-state index is 12.5. The van der Waals surface area contributed by atoms with Crippen LogP contribution in [0.15, 0.2) is 29.2 Å². The van der Waals surface area contributed by atoms with Crippen molar-refractivity contribution in [1.29, 1.82) is 0 Å². The second-order valence-corrected chi connectivity index (χ2v) is 7.29. The summed E-state index contributed by atoms with van der Waals surface area (Å²) < 4.78 is 26.6. The molecule has 1 unspecified atom stereocenters. The fourth-order valence-corrected chi connectivity index (χ4v) is 4.47. The van der Waals surface area contributed by atoms with E-state index in [1.165, 1.54) is 12.8 Å². The molecule has 0 spiro atoms. The number of benzene rings is 1. The first-order valence-corrected chi connectivity index (χ1v) is 8.52. The van der Waals surface area contributed by atoms with E-state index in [1.54, 1.807) is 16.4 Å². The minimum atomic E-state index is -3.28. The van der Waals surface area contributed by atoms with Crippen LogP contribution in [-0.4, -0.2) is 24.8 Å². The monoisotopic (exact) mass is 281 g/mol. The molecule has 0 aromatic heterocycles. The van der Waals surface area contributed by atoms with Crippen LogP contribution in [0.2, 0.25) is 0 Å². The van der Waals surface area contributed by atoms with Crippen LogP contribution in [-0.2, 0) is 10.0 Å². The average molecular weight is 281 g/mol. The lowest BCUT2D eigenvalue weighted by Gasteiger charge is -2.07. The van der Waals surface area contributed by atoms with Crippen LogP contribution in [0.5, 0.6) is 0 Å². The highest BCUT2D eigenvalue weighted by atomic mass is 32.2. The molecule has 0 amide bonds. The standard InChI is InChI=1S/C15H23NO2S/c1-4-5-6-7-15-13(3)16(15)19(17,18)14-10-8-12(2)9-11-14/h8-11,13,15H,4-7H2,1-3H3/t13-,15-,16?/m1/s1. The fourth-order valence-electron chi connectivity index (χ4n) is 2.58. The maximum atomic E-state index is 12.5. The number of nitrogens with zero attached hydrogens (tertiary/aromatic N) is 1. The van der Waals surface area contributed by atoms with Gasteiger partial charge in [-0.3, -0.25) is 0 Å². The molecular formula is C15H23NO2S. The molecule has 4 heteroatoms. The molecule has 1 aliphatic rings. The molecule has 1 fully saturated rings. The lowest BCUT2D eigenvalue weighted by molar-refractivity contribution is 0.537. The molecule has 1 aromatic carbocycles. The van der Waals surface area contributed by atoms with Gasteiger partial charge in [-0.15, -0.1) is 0 Å². The van der Waals surface area contributed by atoms with Gasteiger partial charge < -0.3 is 0 Å². The number of unbranched alkanes of at least 4 members (excludes halogenated alkanes) is 2. The van der Waals surface area contributed by atoms with Gasteiger partial charge in [0.2, 0.25) is 10.0 Å². The first kappa shape index (κ1) is 14.5. The molecule has 1 aromatic rings. The first-order chi connectivity index (χ1) is 8.98. The van der Waals surface area contributed by atoms with E-state index >= 15 is 0 Å².